The number of aliphatic hydroxyl groups is 1. The zero-order valence-electron chi connectivity index (χ0n) is 29.1. The molecule has 12 nitrogen and oxygen atoms in total. The Hall–Kier alpha value is -4.06. The molecule has 3 aromatic carbocycles. The maximum atomic E-state index is 14.9. The lowest BCUT2D eigenvalue weighted by Crippen LogP contribution is -2.45. The molecular weight excluding hydrogens is 645 g/mol. The fraction of sp³-hybridized carbons (Fsp3) is 0.417. The molecule has 5 rings (SSSR count). The first-order chi connectivity index (χ1) is 23.2. The van der Waals surface area contributed by atoms with E-state index in [-0.39, 0.29) is 30.5 Å². The highest BCUT2D eigenvalue weighted by Gasteiger charge is 2.41. The second-order valence-electron chi connectivity index (χ2n) is 13.3. The van der Waals surface area contributed by atoms with E-state index >= 15 is 0 Å². The van der Waals surface area contributed by atoms with Crippen LogP contribution in [0.15, 0.2) is 66.7 Å². The summed E-state index contributed by atoms with van der Waals surface area (Å²) in [7, 11) is -4.43. The van der Waals surface area contributed by atoms with E-state index in [0.717, 1.165) is 10.8 Å². The van der Waals surface area contributed by atoms with Crippen molar-refractivity contribution in [1.29, 1.82) is 0 Å². The minimum atomic E-state index is -4.43. The molecule has 0 aliphatic carbocycles. The van der Waals surface area contributed by atoms with Gasteiger partial charge in [0.05, 0.1) is 11.0 Å². The summed E-state index contributed by atoms with van der Waals surface area (Å²) in [4.78, 5) is 22.6. The molecule has 0 bridgehead atoms. The number of carbonyl (C=O) groups excluding carboxylic acids is 1. The number of rotatable bonds is 14. The highest BCUT2D eigenvalue weighted by molar-refractivity contribution is 7.52. The van der Waals surface area contributed by atoms with Crippen LogP contribution in [0, 0.1) is 5.92 Å². The normalized spacial score (nSPS) is 15.4. The minimum absolute atomic E-state index is 0.0544. The molecule has 0 aliphatic rings. The second-order valence-corrected chi connectivity index (χ2v) is 15.0. The summed E-state index contributed by atoms with van der Waals surface area (Å²) in [6, 6.07) is 19.2. The zero-order valence-corrected chi connectivity index (χ0v) is 30.0. The molecule has 3 atom stereocenters. The number of nitrogen functional groups attached to an aromatic ring is 1. The van der Waals surface area contributed by atoms with E-state index in [1.165, 1.54) is 0 Å². The van der Waals surface area contributed by atoms with Crippen LogP contribution in [0.5, 0.6) is 5.75 Å². The van der Waals surface area contributed by atoms with Crippen molar-refractivity contribution in [3.8, 4) is 5.75 Å². The lowest BCUT2D eigenvalue weighted by Gasteiger charge is -2.34. The number of nitrogens with one attached hydrogen (secondary N) is 1. The van der Waals surface area contributed by atoms with Gasteiger partial charge >= 0.3 is 13.7 Å². The van der Waals surface area contributed by atoms with E-state index in [1.807, 2.05) is 61.5 Å². The largest absolute Gasteiger partial charge is 0.459 e. The maximum Gasteiger partial charge on any atom is 0.459 e. The van der Waals surface area contributed by atoms with Gasteiger partial charge in [-0.3, -0.25) is 13.9 Å². The van der Waals surface area contributed by atoms with Crippen molar-refractivity contribution in [2.75, 3.05) is 18.9 Å². The van der Waals surface area contributed by atoms with Gasteiger partial charge in [0.1, 0.15) is 41.9 Å². The first kappa shape index (κ1) is 36.2. The number of benzene rings is 3. The molecule has 0 saturated heterocycles. The van der Waals surface area contributed by atoms with Gasteiger partial charge in [-0.25, -0.2) is 14.5 Å². The fourth-order valence-electron chi connectivity index (χ4n) is 5.56. The van der Waals surface area contributed by atoms with E-state index in [0.29, 0.717) is 34.4 Å². The van der Waals surface area contributed by atoms with Crippen LogP contribution in [0.3, 0.4) is 0 Å². The van der Waals surface area contributed by atoms with E-state index in [9.17, 15) is 14.5 Å². The molecule has 0 saturated carbocycles. The molecule has 262 valence electrons. The van der Waals surface area contributed by atoms with Crippen LogP contribution >= 0.6 is 7.75 Å². The Balaban J connectivity index is 1.59. The fourth-order valence-corrected chi connectivity index (χ4v) is 7.25. The van der Waals surface area contributed by atoms with Crippen LogP contribution in [-0.2, 0) is 35.7 Å². The van der Waals surface area contributed by atoms with Gasteiger partial charge in [0.2, 0.25) is 0 Å². The topological polar surface area (TPSA) is 160 Å². The number of nitrogens with two attached hydrogens (primary N) is 1. The first-order valence-corrected chi connectivity index (χ1v) is 18.0. The number of nitrogens with zero attached hydrogens (tertiary/aromatic N) is 3. The van der Waals surface area contributed by atoms with Crippen LogP contribution in [0.25, 0.3) is 32.7 Å². The molecule has 2 aromatic heterocycles. The Labute approximate surface area is 286 Å². The Morgan fingerprint density at radius 1 is 1.02 bits per heavy atom. The van der Waals surface area contributed by atoms with Gasteiger partial charge in [0.15, 0.2) is 11.5 Å². The molecule has 0 fully saturated rings. The predicted octanol–water partition coefficient (Wildman–Crippen LogP) is 7.07. The average molecular weight is 692 g/mol. The third-order valence-corrected chi connectivity index (χ3v) is 9.56. The van der Waals surface area contributed by atoms with Crippen molar-refractivity contribution >= 4 is 52.2 Å². The molecule has 0 unspecified atom stereocenters. The van der Waals surface area contributed by atoms with Crippen LogP contribution in [0.2, 0.25) is 0 Å². The van der Waals surface area contributed by atoms with Crippen molar-refractivity contribution in [3.05, 3.63) is 72.6 Å². The van der Waals surface area contributed by atoms with Gasteiger partial charge in [-0.15, -0.1) is 0 Å². The molecule has 0 spiro atoms. The lowest BCUT2D eigenvalue weighted by molar-refractivity contribution is -0.158. The highest BCUT2D eigenvalue weighted by atomic mass is 31.2. The number of para-hydroxylation sites is 1. The van der Waals surface area contributed by atoms with Gasteiger partial charge in [0, 0.05) is 12.0 Å². The van der Waals surface area contributed by atoms with Gasteiger partial charge in [-0.05, 0) is 69.0 Å². The predicted molar refractivity (Wildman–Crippen MR) is 191 cm³/mol. The number of ether oxygens (including phenoxy) is 2. The molecule has 2 heterocycles. The molecule has 13 heteroatoms. The molecule has 4 N–H and O–H groups in total. The second kappa shape index (κ2) is 14.4. The van der Waals surface area contributed by atoms with E-state index in [1.54, 1.807) is 58.2 Å². The molecule has 0 amide bonds. The van der Waals surface area contributed by atoms with Gasteiger partial charge in [-0.1, -0.05) is 69.3 Å². The van der Waals surface area contributed by atoms with Crippen molar-refractivity contribution in [3.63, 3.8) is 0 Å². The zero-order chi connectivity index (χ0) is 35.6. The highest BCUT2D eigenvalue weighted by Crippen LogP contribution is 2.48. The summed E-state index contributed by atoms with van der Waals surface area (Å²) in [5, 5.41) is 17.8. The molecule has 0 radical (unpaired) electrons. The number of esters is 1. The van der Waals surface area contributed by atoms with Gasteiger partial charge < -0.3 is 24.8 Å². The number of imidazole rings is 1. The standard InChI is InChI=1S/C36H46N5O7P/c1-8-36(43,41-29(21-45-9-2)39-31-32(41)27-16-12-13-17-28(27)38-33(31)37)22-46-49(44,40-30(23(3)4)34(42)47-35(5,6)7)48-26-19-18-24-14-10-11-15-25(24)20-26/h10-20,23,30,43H,8-9,21-22H2,1-7H3,(H2,37,38)(H,40,44)/t30-,36-,49-/m0/s1. The summed E-state index contributed by atoms with van der Waals surface area (Å²) in [6.07, 6.45) is 0.101. The van der Waals surface area contributed by atoms with E-state index in [4.69, 9.17) is 29.2 Å². The average Bonchev–Trinajstić information content (AvgIpc) is 3.45. The summed E-state index contributed by atoms with van der Waals surface area (Å²) >= 11 is 0. The van der Waals surface area contributed by atoms with Gasteiger partial charge in [0.25, 0.3) is 0 Å². The number of pyridine rings is 1. The number of hydrogen-bond acceptors (Lipinski definition) is 10. The number of carbonyl (C=O) groups is 1. The van der Waals surface area contributed by atoms with Crippen molar-refractivity contribution in [2.24, 2.45) is 5.92 Å². The van der Waals surface area contributed by atoms with Crippen LogP contribution in [0.1, 0.15) is 60.7 Å². The van der Waals surface area contributed by atoms with Crippen LogP contribution in [-0.4, -0.2) is 50.5 Å². The van der Waals surface area contributed by atoms with Gasteiger partial charge in [-0.2, -0.15) is 5.09 Å². The summed E-state index contributed by atoms with van der Waals surface area (Å²) < 4.78 is 40.2. The van der Waals surface area contributed by atoms with Crippen molar-refractivity contribution < 1.29 is 33.0 Å². The number of hydrogen-bond donors (Lipinski definition) is 3. The smallest absolute Gasteiger partial charge is 0.459 e. The quantitative estimate of drug-likeness (QED) is 0.0807. The summed E-state index contributed by atoms with van der Waals surface area (Å²) in [5.41, 5.74) is 5.28. The minimum Gasteiger partial charge on any atom is -0.459 e. The summed E-state index contributed by atoms with van der Waals surface area (Å²) in [5.74, 6) is -0.172. The molecule has 0 aliphatic heterocycles. The molecular formula is C36H46N5O7P. The van der Waals surface area contributed by atoms with Crippen LogP contribution in [0.4, 0.5) is 5.82 Å². The Kier molecular flexibility index (Phi) is 10.7. The third kappa shape index (κ3) is 8.06. The number of aromatic nitrogens is 3. The van der Waals surface area contributed by atoms with Crippen LogP contribution < -0.4 is 15.3 Å². The molecule has 5 aromatic rings. The van der Waals surface area contributed by atoms with E-state index in [2.05, 4.69) is 10.1 Å². The van der Waals surface area contributed by atoms with Crippen molar-refractivity contribution in [1.82, 2.24) is 19.6 Å². The number of anilines is 1. The lowest BCUT2D eigenvalue weighted by atomic mass is 10.1. The Morgan fingerprint density at radius 3 is 2.39 bits per heavy atom. The SMILES string of the molecule is CCOCc1nc2c(N)nc3ccccc3c2n1[C@](O)(CC)CO[P@@](=O)(N[C@H](C(=O)OC(C)(C)C)C(C)C)Oc1ccc2ccccc2c1. The van der Waals surface area contributed by atoms with E-state index < -0.39 is 37.7 Å². The third-order valence-electron chi connectivity index (χ3n) is 8.04. The monoisotopic (exact) mass is 691 g/mol. The Morgan fingerprint density at radius 2 is 1.71 bits per heavy atom. The maximum absolute atomic E-state index is 14.9. The number of fused-ring (bicyclic) bond motifs is 4. The van der Waals surface area contributed by atoms with Crippen molar-refractivity contribution in [2.45, 2.75) is 78.9 Å². The molecule has 49 heavy (non-hydrogen) atoms. The summed E-state index contributed by atoms with van der Waals surface area (Å²) in [6.45, 7) is 12.4. The Bertz CT molecular complexity index is 2010. The first-order valence-electron chi connectivity index (χ1n) is 16.5.